The Morgan fingerprint density at radius 2 is 2.03 bits per heavy atom. The molecule has 0 unspecified atom stereocenters. The molecule has 0 amide bonds. The highest BCUT2D eigenvalue weighted by Gasteiger charge is 2.10. The van der Waals surface area contributed by atoms with Crippen LogP contribution in [-0.4, -0.2) is 19.6 Å². The lowest BCUT2D eigenvalue weighted by molar-refractivity contribution is 0.250. The molecule has 7 nitrogen and oxygen atoms in total. The third-order valence-corrected chi connectivity index (χ3v) is 5.48. The van der Waals surface area contributed by atoms with Gasteiger partial charge in [-0.15, -0.1) is 10.2 Å². The first kappa shape index (κ1) is 19.7. The lowest BCUT2D eigenvalue weighted by Crippen LogP contribution is -2.15. The number of pyridine rings is 1. The van der Waals surface area contributed by atoms with E-state index in [-0.39, 0.29) is 12.2 Å². The Morgan fingerprint density at radius 3 is 2.90 bits per heavy atom. The topological polar surface area (TPSA) is 82.5 Å². The van der Waals surface area contributed by atoms with E-state index in [1.54, 1.807) is 12.3 Å². The summed E-state index contributed by atoms with van der Waals surface area (Å²) in [5.41, 5.74) is 3.27. The van der Waals surface area contributed by atoms with Crippen molar-refractivity contribution in [3.05, 3.63) is 80.1 Å². The van der Waals surface area contributed by atoms with Crippen LogP contribution in [-0.2, 0) is 12.4 Å². The molecule has 0 bridgehead atoms. The molecule has 0 saturated carbocycles. The number of benzene rings is 1. The highest BCUT2D eigenvalue weighted by Crippen LogP contribution is 2.23. The quantitative estimate of drug-likeness (QED) is 0.386. The van der Waals surface area contributed by atoms with E-state index in [0.717, 1.165) is 21.3 Å². The van der Waals surface area contributed by atoms with E-state index in [9.17, 15) is 4.79 Å². The number of thioether (sulfide) groups is 1. The first-order chi connectivity index (χ1) is 14.0. The first-order valence-electron chi connectivity index (χ1n) is 8.81. The fourth-order valence-corrected chi connectivity index (χ4v) is 3.70. The van der Waals surface area contributed by atoms with Gasteiger partial charge in [-0.2, -0.15) is 0 Å². The number of hydrogen-bond acceptors (Lipinski definition) is 7. The molecule has 0 N–H and O–H groups in total. The minimum absolute atomic E-state index is 0.139. The first-order valence-corrected chi connectivity index (χ1v) is 10.6. The van der Waals surface area contributed by atoms with Gasteiger partial charge < -0.3 is 9.15 Å². The number of nitrogens with zero attached hydrogens (tertiary/aromatic N) is 4. The Balaban J connectivity index is 1.40. The van der Waals surface area contributed by atoms with Crippen molar-refractivity contribution < 1.29 is 9.15 Å². The highest BCUT2D eigenvalue weighted by molar-refractivity contribution is 9.10. The van der Waals surface area contributed by atoms with Crippen LogP contribution < -0.4 is 10.3 Å². The van der Waals surface area contributed by atoms with E-state index < -0.39 is 0 Å². The minimum Gasteiger partial charge on any atom is -0.484 e. The SMILES string of the molecule is Cc1ccc(C)c(OCc2nnc(SCc3cc(=O)n4cc(Br)ccc4n3)o2)c1. The Bertz CT molecular complexity index is 1240. The van der Waals surface area contributed by atoms with Crippen LogP contribution >= 0.6 is 27.7 Å². The largest absolute Gasteiger partial charge is 0.484 e. The zero-order valence-corrected chi connectivity index (χ0v) is 18.2. The van der Waals surface area contributed by atoms with Crippen molar-refractivity contribution in [1.82, 2.24) is 19.6 Å². The van der Waals surface area contributed by atoms with Gasteiger partial charge in [0.15, 0.2) is 6.61 Å². The summed E-state index contributed by atoms with van der Waals surface area (Å²) in [4.78, 5) is 16.8. The van der Waals surface area contributed by atoms with E-state index in [1.807, 2.05) is 38.1 Å². The predicted molar refractivity (Wildman–Crippen MR) is 113 cm³/mol. The van der Waals surface area contributed by atoms with Crippen molar-refractivity contribution in [3.8, 4) is 5.75 Å². The van der Waals surface area contributed by atoms with Crippen molar-refractivity contribution in [3.63, 3.8) is 0 Å². The lowest BCUT2D eigenvalue weighted by atomic mass is 10.1. The molecular weight excluding hydrogens is 456 g/mol. The maximum atomic E-state index is 12.3. The van der Waals surface area contributed by atoms with Gasteiger partial charge >= 0.3 is 0 Å². The van der Waals surface area contributed by atoms with Crippen LogP contribution in [0.25, 0.3) is 5.65 Å². The molecule has 0 aliphatic rings. The molecule has 0 spiro atoms. The number of aryl methyl sites for hydroxylation is 2. The summed E-state index contributed by atoms with van der Waals surface area (Å²) in [6.45, 7) is 4.20. The molecule has 0 atom stereocenters. The second kappa shape index (κ2) is 8.38. The van der Waals surface area contributed by atoms with Crippen LogP contribution in [0.3, 0.4) is 0 Å². The third-order valence-electron chi connectivity index (χ3n) is 4.16. The van der Waals surface area contributed by atoms with E-state index >= 15 is 0 Å². The zero-order chi connectivity index (χ0) is 20.4. The van der Waals surface area contributed by atoms with Crippen LogP contribution in [0.1, 0.15) is 22.7 Å². The Kier molecular flexibility index (Phi) is 5.68. The van der Waals surface area contributed by atoms with Gasteiger partial charge in [0.25, 0.3) is 16.7 Å². The minimum atomic E-state index is -0.139. The van der Waals surface area contributed by atoms with Gasteiger partial charge in [-0.25, -0.2) is 4.98 Å². The van der Waals surface area contributed by atoms with Gasteiger partial charge in [-0.1, -0.05) is 23.9 Å². The number of rotatable bonds is 6. The van der Waals surface area contributed by atoms with Crippen LogP contribution in [0, 0.1) is 13.8 Å². The van der Waals surface area contributed by atoms with Gasteiger partial charge in [0.1, 0.15) is 11.4 Å². The smallest absolute Gasteiger partial charge is 0.277 e. The fourth-order valence-electron chi connectivity index (χ4n) is 2.69. The molecule has 29 heavy (non-hydrogen) atoms. The molecule has 4 aromatic rings. The van der Waals surface area contributed by atoms with Crippen molar-refractivity contribution in [2.45, 2.75) is 31.4 Å². The standard InChI is InChI=1S/C20H17BrN4O3S/c1-12-3-4-13(2)16(7-12)27-10-18-23-24-20(28-18)29-11-15-8-19(26)25-9-14(21)5-6-17(25)22-15/h3-9H,10-11H2,1-2H3. The Hall–Kier alpha value is -2.65. The molecule has 9 heteroatoms. The number of halogens is 1. The van der Waals surface area contributed by atoms with Crippen molar-refractivity contribution >= 4 is 33.3 Å². The molecule has 3 heterocycles. The average Bonchev–Trinajstić information content (AvgIpc) is 3.15. The van der Waals surface area contributed by atoms with E-state index in [2.05, 4.69) is 31.1 Å². The molecule has 0 saturated heterocycles. The average molecular weight is 473 g/mol. The van der Waals surface area contributed by atoms with Gasteiger partial charge in [-0.05, 0) is 59.1 Å². The number of aromatic nitrogens is 4. The molecular formula is C20H17BrN4O3S. The zero-order valence-electron chi connectivity index (χ0n) is 15.8. The summed E-state index contributed by atoms with van der Waals surface area (Å²) in [6, 6.07) is 11.2. The highest BCUT2D eigenvalue weighted by atomic mass is 79.9. The summed E-state index contributed by atoms with van der Waals surface area (Å²) in [5.74, 6) is 1.64. The van der Waals surface area contributed by atoms with Crippen molar-refractivity contribution in [2.75, 3.05) is 0 Å². The lowest BCUT2D eigenvalue weighted by Gasteiger charge is -2.07. The Morgan fingerprint density at radius 1 is 1.17 bits per heavy atom. The molecule has 0 fully saturated rings. The summed E-state index contributed by atoms with van der Waals surface area (Å²) < 4.78 is 13.7. The maximum Gasteiger partial charge on any atom is 0.277 e. The molecule has 4 rings (SSSR count). The summed E-state index contributed by atoms with van der Waals surface area (Å²) >= 11 is 4.68. The summed E-state index contributed by atoms with van der Waals surface area (Å²) in [7, 11) is 0. The van der Waals surface area contributed by atoms with E-state index in [1.165, 1.54) is 22.2 Å². The fraction of sp³-hybridized carbons (Fsp3) is 0.200. The molecule has 0 radical (unpaired) electrons. The normalized spacial score (nSPS) is 11.1. The monoisotopic (exact) mass is 472 g/mol. The second-order valence-corrected chi connectivity index (χ2v) is 8.31. The van der Waals surface area contributed by atoms with Crippen LogP contribution in [0.5, 0.6) is 5.75 Å². The molecule has 3 aromatic heterocycles. The van der Waals surface area contributed by atoms with Crippen molar-refractivity contribution in [2.24, 2.45) is 0 Å². The van der Waals surface area contributed by atoms with Crippen molar-refractivity contribution in [1.29, 1.82) is 0 Å². The molecule has 0 aliphatic heterocycles. The number of hydrogen-bond donors (Lipinski definition) is 0. The van der Waals surface area contributed by atoms with Crippen LogP contribution in [0.4, 0.5) is 0 Å². The molecule has 148 valence electrons. The molecule has 0 aliphatic carbocycles. The van der Waals surface area contributed by atoms with Crippen LogP contribution in [0.2, 0.25) is 0 Å². The summed E-state index contributed by atoms with van der Waals surface area (Å²) in [5, 5.41) is 8.45. The van der Waals surface area contributed by atoms with Gasteiger partial charge in [0.2, 0.25) is 0 Å². The molecule has 1 aromatic carbocycles. The van der Waals surface area contributed by atoms with E-state index in [0.29, 0.717) is 28.2 Å². The Labute approximate surface area is 179 Å². The second-order valence-electron chi connectivity index (χ2n) is 6.47. The predicted octanol–water partition coefficient (Wildman–Crippen LogP) is 4.33. The maximum absolute atomic E-state index is 12.3. The third kappa shape index (κ3) is 4.68. The summed E-state index contributed by atoms with van der Waals surface area (Å²) in [6.07, 6.45) is 1.70. The number of fused-ring (bicyclic) bond motifs is 1. The van der Waals surface area contributed by atoms with E-state index in [4.69, 9.17) is 9.15 Å². The van der Waals surface area contributed by atoms with Gasteiger partial charge in [-0.3, -0.25) is 9.20 Å². The van der Waals surface area contributed by atoms with Gasteiger partial charge in [0, 0.05) is 22.5 Å². The number of ether oxygens (including phenoxy) is 1. The van der Waals surface area contributed by atoms with Crippen LogP contribution in [0.15, 0.2) is 61.5 Å². The van der Waals surface area contributed by atoms with Gasteiger partial charge in [0.05, 0.1) is 5.69 Å².